The molecule has 0 bridgehead atoms. The second-order valence-corrected chi connectivity index (χ2v) is 5.35. The molecule has 1 saturated heterocycles. The Hall–Kier alpha value is -2.12. The number of rotatable bonds is 7. The summed E-state index contributed by atoms with van der Waals surface area (Å²) >= 11 is 0. The minimum absolute atomic E-state index is 0.103. The van der Waals surface area contributed by atoms with Crippen molar-refractivity contribution in [1.29, 1.82) is 0 Å². The molecule has 0 radical (unpaired) electrons. The number of amides is 2. The molecule has 1 aromatic carbocycles. The first-order valence-corrected chi connectivity index (χ1v) is 7.74. The molecule has 7 nitrogen and oxygen atoms in total. The molecular weight excluding hydrogens is 298 g/mol. The summed E-state index contributed by atoms with van der Waals surface area (Å²) in [7, 11) is 1.51. The molecule has 0 saturated carbocycles. The van der Waals surface area contributed by atoms with Gasteiger partial charge in [-0.2, -0.15) is 0 Å². The van der Waals surface area contributed by atoms with Gasteiger partial charge in [0.1, 0.15) is 11.9 Å². The van der Waals surface area contributed by atoms with Crippen molar-refractivity contribution >= 4 is 23.2 Å². The lowest BCUT2D eigenvalue weighted by Crippen LogP contribution is -2.27. The Morgan fingerprint density at radius 2 is 2.22 bits per heavy atom. The van der Waals surface area contributed by atoms with E-state index in [1.165, 1.54) is 7.11 Å². The Morgan fingerprint density at radius 1 is 1.39 bits per heavy atom. The number of carbonyl (C=O) groups is 2. The third-order valence-electron chi connectivity index (χ3n) is 3.57. The van der Waals surface area contributed by atoms with E-state index >= 15 is 0 Å². The highest BCUT2D eigenvalue weighted by Crippen LogP contribution is 2.29. The van der Waals surface area contributed by atoms with E-state index in [9.17, 15) is 9.59 Å². The number of ether oxygens (including phenoxy) is 2. The van der Waals surface area contributed by atoms with Gasteiger partial charge in [-0.15, -0.1) is 0 Å². The van der Waals surface area contributed by atoms with Gasteiger partial charge in [0, 0.05) is 24.8 Å². The van der Waals surface area contributed by atoms with E-state index in [0.29, 0.717) is 43.1 Å². The van der Waals surface area contributed by atoms with Crippen LogP contribution in [0, 0.1) is 0 Å². The van der Waals surface area contributed by atoms with Gasteiger partial charge in [-0.05, 0) is 37.9 Å². The first kappa shape index (κ1) is 17.2. The largest absolute Gasteiger partial charge is 0.494 e. The maximum Gasteiger partial charge on any atom is 0.253 e. The lowest BCUT2D eigenvalue weighted by atomic mass is 10.2. The zero-order valence-corrected chi connectivity index (χ0v) is 13.3. The smallest absolute Gasteiger partial charge is 0.253 e. The summed E-state index contributed by atoms with van der Waals surface area (Å²) in [5.74, 6) is 0.196. The minimum Gasteiger partial charge on any atom is -0.494 e. The number of carbonyl (C=O) groups excluding carboxylic acids is 2. The summed E-state index contributed by atoms with van der Waals surface area (Å²) in [5.41, 5.74) is 6.54. The molecule has 1 heterocycles. The van der Waals surface area contributed by atoms with E-state index in [0.717, 1.165) is 12.8 Å². The summed E-state index contributed by atoms with van der Waals surface area (Å²) < 4.78 is 10.6. The first-order chi connectivity index (χ1) is 11.1. The van der Waals surface area contributed by atoms with Gasteiger partial charge in [-0.25, -0.2) is 0 Å². The fourth-order valence-corrected chi connectivity index (χ4v) is 2.36. The topological polar surface area (TPSA) is 103 Å². The number of anilines is 2. The number of nitrogens with two attached hydrogens (primary N) is 1. The van der Waals surface area contributed by atoms with Gasteiger partial charge in [0.2, 0.25) is 5.91 Å². The van der Waals surface area contributed by atoms with Crippen LogP contribution in [-0.4, -0.2) is 38.2 Å². The lowest BCUT2D eigenvalue weighted by molar-refractivity contribution is -0.124. The zero-order chi connectivity index (χ0) is 16.7. The van der Waals surface area contributed by atoms with Crippen molar-refractivity contribution < 1.29 is 19.1 Å². The average Bonchev–Trinajstić information content (AvgIpc) is 3.08. The van der Waals surface area contributed by atoms with E-state index in [2.05, 4.69) is 10.6 Å². The predicted molar refractivity (Wildman–Crippen MR) is 87.5 cm³/mol. The molecule has 0 spiro atoms. The molecule has 1 unspecified atom stereocenters. The fraction of sp³-hybridized carbons (Fsp3) is 0.500. The maximum atomic E-state index is 12.1. The molecule has 2 amide bonds. The highest BCUT2D eigenvalue weighted by molar-refractivity contribution is 5.96. The average molecular weight is 321 g/mol. The van der Waals surface area contributed by atoms with Crippen molar-refractivity contribution in [2.24, 2.45) is 5.73 Å². The second-order valence-electron chi connectivity index (χ2n) is 5.35. The van der Waals surface area contributed by atoms with Gasteiger partial charge in [-0.3, -0.25) is 9.59 Å². The molecule has 2 rings (SSSR count). The van der Waals surface area contributed by atoms with Gasteiger partial charge < -0.3 is 25.8 Å². The molecule has 0 aliphatic carbocycles. The molecule has 1 fully saturated rings. The lowest BCUT2D eigenvalue weighted by Gasteiger charge is -2.14. The summed E-state index contributed by atoms with van der Waals surface area (Å²) in [5, 5.41) is 5.58. The van der Waals surface area contributed by atoms with Crippen LogP contribution >= 0.6 is 0 Å². The second kappa shape index (κ2) is 8.50. The molecule has 4 N–H and O–H groups in total. The Morgan fingerprint density at radius 3 is 2.87 bits per heavy atom. The van der Waals surface area contributed by atoms with Crippen molar-refractivity contribution in [3.63, 3.8) is 0 Å². The van der Waals surface area contributed by atoms with Crippen LogP contribution in [0.3, 0.4) is 0 Å². The SMILES string of the molecule is COc1cc(NC(=O)CCCN)ccc1NC(=O)C1CCCO1. The Kier molecular flexibility index (Phi) is 6.37. The van der Waals surface area contributed by atoms with Crippen LogP contribution in [0.4, 0.5) is 11.4 Å². The van der Waals surface area contributed by atoms with Crippen molar-refractivity contribution in [3.8, 4) is 5.75 Å². The van der Waals surface area contributed by atoms with Gasteiger partial charge in [-0.1, -0.05) is 0 Å². The standard InChI is InChI=1S/C16H23N3O4/c1-22-14-10-11(18-15(20)5-2-8-17)6-7-12(14)19-16(21)13-4-3-9-23-13/h6-7,10,13H,2-5,8-9,17H2,1H3,(H,18,20)(H,19,21). The highest BCUT2D eigenvalue weighted by Gasteiger charge is 2.24. The molecule has 126 valence electrons. The van der Waals surface area contributed by atoms with Gasteiger partial charge in [0.05, 0.1) is 12.8 Å². The number of methoxy groups -OCH3 is 1. The minimum atomic E-state index is -0.407. The molecule has 23 heavy (non-hydrogen) atoms. The highest BCUT2D eigenvalue weighted by atomic mass is 16.5. The van der Waals surface area contributed by atoms with Crippen LogP contribution in [0.15, 0.2) is 18.2 Å². The third-order valence-corrected chi connectivity index (χ3v) is 3.57. The van der Waals surface area contributed by atoms with Crippen LogP contribution < -0.4 is 21.1 Å². The number of hydrogen-bond donors (Lipinski definition) is 3. The maximum absolute atomic E-state index is 12.1. The van der Waals surface area contributed by atoms with Crippen LogP contribution in [0.2, 0.25) is 0 Å². The normalized spacial score (nSPS) is 16.9. The summed E-state index contributed by atoms with van der Waals surface area (Å²) in [6.07, 6.45) is 2.22. The molecule has 0 aromatic heterocycles. The molecule has 1 aromatic rings. The van der Waals surface area contributed by atoms with E-state index < -0.39 is 6.10 Å². The summed E-state index contributed by atoms with van der Waals surface area (Å²) in [4.78, 5) is 23.8. The van der Waals surface area contributed by atoms with Crippen molar-refractivity contribution in [2.75, 3.05) is 30.9 Å². The van der Waals surface area contributed by atoms with Gasteiger partial charge in [0.15, 0.2) is 0 Å². The van der Waals surface area contributed by atoms with Gasteiger partial charge >= 0.3 is 0 Å². The zero-order valence-electron chi connectivity index (χ0n) is 13.3. The number of hydrogen-bond acceptors (Lipinski definition) is 5. The van der Waals surface area contributed by atoms with E-state index in [-0.39, 0.29) is 11.8 Å². The van der Waals surface area contributed by atoms with Crippen LogP contribution in [0.5, 0.6) is 5.75 Å². The molecule has 1 aliphatic heterocycles. The molecular formula is C16H23N3O4. The summed E-state index contributed by atoms with van der Waals surface area (Å²) in [6, 6.07) is 5.09. The molecule has 1 atom stereocenters. The summed E-state index contributed by atoms with van der Waals surface area (Å²) in [6.45, 7) is 1.09. The van der Waals surface area contributed by atoms with E-state index in [4.69, 9.17) is 15.2 Å². The third kappa shape index (κ3) is 4.94. The monoisotopic (exact) mass is 321 g/mol. The molecule has 1 aliphatic rings. The van der Waals surface area contributed by atoms with Crippen LogP contribution in [-0.2, 0) is 14.3 Å². The van der Waals surface area contributed by atoms with E-state index in [1.54, 1.807) is 18.2 Å². The molecule has 7 heteroatoms. The van der Waals surface area contributed by atoms with Crippen LogP contribution in [0.25, 0.3) is 0 Å². The van der Waals surface area contributed by atoms with Crippen molar-refractivity contribution in [2.45, 2.75) is 31.8 Å². The predicted octanol–water partition coefficient (Wildman–Crippen LogP) is 1.49. The number of benzene rings is 1. The quantitative estimate of drug-likeness (QED) is 0.706. The fourth-order valence-electron chi connectivity index (χ4n) is 2.36. The van der Waals surface area contributed by atoms with E-state index in [1.807, 2.05) is 0 Å². The van der Waals surface area contributed by atoms with Crippen molar-refractivity contribution in [3.05, 3.63) is 18.2 Å². The Labute approximate surface area is 135 Å². The Balaban J connectivity index is 2.01. The van der Waals surface area contributed by atoms with Crippen molar-refractivity contribution in [1.82, 2.24) is 0 Å². The van der Waals surface area contributed by atoms with Gasteiger partial charge in [0.25, 0.3) is 5.91 Å². The first-order valence-electron chi connectivity index (χ1n) is 7.74. The number of nitrogens with one attached hydrogen (secondary N) is 2. The Bertz CT molecular complexity index is 556. The van der Waals surface area contributed by atoms with Crippen LogP contribution in [0.1, 0.15) is 25.7 Å².